The predicted octanol–water partition coefficient (Wildman–Crippen LogP) is 5.37. The molecule has 0 aliphatic carbocycles. The number of para-hydroxylation sites is 1. The Balaban J connectivity index is 1.92. The molecular weight excluding hydrogens is 360 g/mol. The van der Waals surface area contributed by atoms with Gasteiger partial charge in [0.05, 0.1) is 10.7 Å². The Morgan fingerprint density at radius 1 is 1.30 bits per heavy atom. The first-order chi connectivity index (χ1) is 12.7. The smallest absolute Gasteiger partial charge is 0.264 e. The number of benzene rings is 2. The molecule has 142 valence electrons. The molecule has 4 rings (SSSR count). The van der Waals surface area contributed by atoms with Crippen LogP contribution in [0.3, 0.4) is 0 Å². The topological polar surface area (TPSA) is 41.6 Å². The van der Waals surface area contributed by atoms with Gasteiger partial charge < -0.3 is 15.0 Å². The van der Waals surface area contributed by atoms with Crippen LogP contribution in [0, 0.1) is 6.92 Å². The van der Waals surface area contributed by atoms with E-state index >= 15 is 0 Å². The fourth-order valence-electron chi connectivity index (χ4n) is 4.42. The summed E-state index contributed by atoms with van der Waals surface area (Å²) in [5.74, 6) is 1.03. The number of anilines is 2. The van der Waals surface area contributed by atoms with Crippen molar-refractivity contribution in [1.82, 2.24) is 0 Å². The summed E-state index contributed by atoms with van der Waals surface area (Å²) < 4.78 is 5.83. The van der Waals surface area contributed by atoms with Crippen LogP contribution in [-0.4, -0.2) is 25.1 Å². The number of carbonyl (C=O) groups excluding carboxylic acids is 1. The zero-order valence-electron chi connectivity index (χ0n) is 16.4. The number of hydrogen-bond donors (Lipinski definition) is 1. The molecule has 5 heteroatoms. The second-order valence-corrected chi connectivity index (χ2v) is 8.73. The van der Waals surface area contributed by atoms with Crippen LogP contribution in [0.1, 0.15) is 44.2 Å². The van der Waals surface area contributed by atoms with Crippen LogP contribution in [-0.2, 0) is 4.79 Å². The van der Waals surface area contributed by atoms with Gasteiger partial charge in [-0.1, -0.05) is 30.7 Å². The first-order valence-electron chi connectivity index (χ1n) is 9.33. The number of halogens is 1. The lowest BCUT2D eigenvalue weighted by atomic mass is 9.79. The average molecular weight is 385 g/mol. The van der Waals surface area contributed by atoms with E-state index in [0.29, 0.717) is 5.92 Å². The third kappa shape index (κ3) is 2.87. The van der Waals surface area contributed by atoms with Crippen molar-refractivity contribution in [2.24, 2.45) is 0 Å². The highest BCUT2D eigenvalue weighted by atomic mass is 35.5. The summed E-state index contributed by atoms with van der Waals surface area (Å²) in [6.45, 7) is 8.85. The predicted molar refractivity (Wildman–Crippen MR) is 111 cm³/mol. The van der Waals surface area contributed by atoms with Crippen molar-refractivity contribution in [2.45, 2.75) is 45.6 Å². The molecule has 2 aliphatic heterocycles. The van der Waals surface area contributed by atoms with Crippen LogP contribution in [0.5, 0.6) is 5.75 Å². The summed E-state index contributed by atoms with van der Waals surface area (Å²) in [5, 5.41) is 4.43. The minimum Gasteiger partial charge on any atom is -0.481 e. The van der Waals surface area contributed by atoms with E-state index in [0.717, 1.165) is 39.7 Å². The molecule has 0 bridgehead atoms. The lowest BCUT2D eigenvalue weighted by Crippen LogP contribution is -2.37. The summed E-state index contributed by atoms with van der Waals surface area (Å²) in [6, 6.07) is 7.99. The number of amides is 1. The maximum absolute atomic E-state index is 12.0. The van der Waals surface area contributed by atoms with Gasteiger partial charge in [-0.05, 0) is 56.4 Å². The van der Waals surface area contributed by atoms with Crippen LogP contribution in [0.4, 0.5) is 11.4 Å². The van der Waals surface area contributed by atoms with Crippen molar-refractivity contribution >= 4 is 28.9 Å². The minimum absolute atomic E-state index is 0.0418. The van der Waals surface area contributed by atoms with E-state index in [1.165, 1.54) is 11.1 Å². The molecule has 2 heterocycles. The molecule has 0 saturated heterocycles. The van der Waals surface area contributed by atoms with Crippen molar-refractivity contribution < 1.29 is 9.53 Å². The number of likely N-dealkylation sites (N-methyl/N-ethyl adjacent to an activating group) is 1. The molecular formula is C22H25ClN2O2. The zero-order valence-corrected chi connectivity index (χ0v) is 17.2. The Morgan fingerprint density at radius 2 is 2.04 bits per heavy atom. The average Bonchev–Trinajstić information content (AvgIpc) is 2.59. The monoisotopic (exact) mass is 384 g/mol. The molecule has 27 heavy (non-hydrogen) atoms. The summed E-state index contributed by atoms with van der Waals surface area (Å²) in [7, 11) is 1.78. The van der Waals surface area contributed by atoms with Gasteiger partial charge in [0.2, 0.25) is 0 Å². The molecule has 4 nitrogen and oxygen atoms in total. The van der Waals surface area contributed by atoms with E-state index in [4.69, 9.17) is 16.3 Å². The van der Waals surface area contributed by atoms with E-state index in [2.05, 4.69) is 39.1 Å². The molecule has 1 amide bonds. The molecule has 0 spiro atoms. The van der Waals surface area contributed by atoms with Crippen molar-refractivity contribution in [1.29, 1.82) is 0 Å². The van der Waals surface area contributed by atoms with Crippen molar-refractivity contribution in [3.63, 3.8) is 0 Å². The first kappa shape index (κ1) is 18.2. The van der Waals surface area contributed by atoms with E-state index in [1.807, 2.05) is 18.2 Å². The number of nitrogens with zero attached hydrogens (tertiary/aromatic N) is 1. The maximum Gasteiger partial charge on any atom is 0.264 e. The minimum atomic E-state index is -0.0487. The van der Waals surface area contributed by atoms with E-state index < -0.39 is 0 Å². The van der Waals surface area contributed by atoms with Gasteiger partial charge >= 0.3 is 0 Å². The Labute approximate surface area is 165 Å². The number of ether oxygens (including phenoxy) is 1. The summed E-state index contributed by atoms with van der Waals surface area (Å²) in [6.07, 6.45) is 1.02. The molecule has 1 unspecified atom stereocenters. The highest BCUT2D eigenvalue weighted by molar-refractivity contribution is 6.35. The molecule has 0 fully saturated rings. The Morgan fingerprint density at radius 3 is 2.78 bits per heavy atom. The van der Waals surface area contributed by atoms with Crippen molar-refractivity contribution in [2.75, 3.05) is 23.9 Å². The van der Waals surface area contributed by atoms with Crippen LogP contribution < -0.4 is 15.0 Å². The number of rotatable bonds is 1. The maximum atomic E-state index is 12.0. The van der Waals surface area contributed by atoms with E-state index in [9.17, 15) is 4.79 Å². The normalized spacial score (nSPS) is 20.4. The van der Waals surface area contributed by atoms with Gasteiger partial charge in [0.1, 0.15) is 0 Å². The number of aryl methyl sites for hydroxylation is 1. The fourth-order valence-corrected chi connectivity index (χ4v) is 4.86. The Kier molecular flexibility index (Phi) is 4.15. The first-order valence-corrected chi connectivity index (χ1v) is 9.71. The van der Waals surface area contributed by atoms with Gasteiger partial charge in [0.15, 0.2) is 12.4 Å². The zero-order chi connectivity index (χ0) is 19.5. The number of hydrogen-bond acceptors (Lipinski definition) is 3. The molecule has 2 aliphatic rings. The third-order valence-electron chi connectivity index (χ3n) is 5.63. The molecule has 0 radical (unpaired) electrons. The van der Waals surface area contributed by atoms with Gasteiger partial charge in [0, 0.05) is 29.4 Å². The van der Waals surface area contributed by atoms with Crippen LogP contribution in [0.2, 0.25) is 5.02 Å². The second kappa shape index (κ2) is 6.16. The van der Waals surface area contributed by atoms with E-state index in [-0.39, 0.29) is 18.1 Å². The standard InChI is InChI=1S/C22H25ClN2O2/c1-12-9-15(19(23)18-13(2)10-22(3,4)24-20(12)18)14-7-6-8-16-21(14)27-11-17(26)25(16)5/h6-9,13,24H,10-11H2,1-5H3. The Bertz CT molecular complexity index is 952. The summed E-state index contributed by atoms with van der Waals surface area (Å²) >= 11 is 6.95. The fraction of sp³-hybridized carbons (Fsp3) is 0.409. The van der Waals surface area contributed by atoms with Crippen molar-refractivity contribution in [3.8, 4) is 16.9 Å². The Hall–Kier alpha value is -2.20. The van der Waals surface area contributed by atoms with Gasteiger partial charge in [-0.3, -0.25) is 4.79 Å². The molecule has 2 aromatic rings. The molecule has 0 aromatic heterocycles. The highest BCUT2D eigenvalue weighted by Crippen LogP contribution is 2.50. The third-order valence-corrected chi connectivity index (χ3v) is 6.04. The van der Waals surface area contributed by atoms with Crippen LogP contribution >= 0.6 is 11.6 Å². The molecule has 1 N–H and O–H groups in total. The van der Waals surface area contributed by atoms with Gasteiger partial charge in [-0.25, -0.2) is 0 Å². The lowest BCUT2D eigenvalue weighted by molar-refractivity contribution is -0.120. The number of fused-ring (bicyclic) bond motifs is 2. The van der Waals surface area contributed by atoms with Gasteiger partial charge in [0.25, 0.3) is 5.91 Å². The molecule has 0 saturated carbocycles. The lowest BCUT2D eigenvalue weighted by Gasteiger charge is -2.39. The largest absolute Gasteiger partial charge is 0.481 e. The summed E-state index contributed by atoms with van der Waals surface area (Å²) in [4.78, 5) is 13.6. The molecule has 2 aromatic carbocycles. The second-order valence-electron chi connectivity index (χ2n) is 8.35. The number of carbonyl (C=O) groups is 1. The SMILES string of the molecule is Cc1cc(-c2cccc3c2OCC(=O)N3C)c(Cl)c2c1NC(C)(C)CC2C. The van der Waals surface area contributed by atoms with Gasteiger partial charge in [-0.2, -0.15) is 0 Å². The molecule has 1 atom stereocenters. The van der Waals surface area contributed by atoms with Crippen LogP contribution in [0.25, 0.3) is 11.1 Å². The van der Waals surface area contributed by atoms with Crippen molar-refractivity contribution in [3.05, 3.63) is 40.4 Å². The van der Waals surface area contributed by atoms with E-state index in [1.54, 1.807) is 11.9 Å². The summed E-state index contributed by atoms with van der Waals surface area (Å²) in [5.41, 5.74) is 6.19. The van der Waals surface area contributed by atoms with Gasteiger partial charge in [-0.15, -0.1) is 0 Å². The van der Waals surface area contributed by atoms with Crippen LogP contribution in [0.15, 0.2) is 24.3 Å². The quantitative estimate of drug-likeness (QED) is 0.718. The highest BCUT2D eigenvalue weighted by Gasteiger charge is 2.34. The number of nitrogens with one attached hydrogen (secondary N) is 1.